The van der Waals surface area contributed by atoms with Crippen molar-refractivity contribution < 1.29 is 17.6 Å². The molecular weight excluding hydrogens is 305 g/mol. The maximum atomic E-state index is 14.0. The van der Waals surface area contributed by atoms with E-state index in [9.17, 15) is 17.6 Å². The van der Waals surface area contributed by atoms with Crippen LogP contribution in [0.1, 0.15) is 36.7 Å². The Morgan fingerprint density at radius 1 is 1.30 bits per heavy atom. The summed E-state index contributed by atoms with van der Waals surface area (Å²) in [7, 11) is 1.22. The minimum absolute atomic E-state index is 0.0501. The molecule has 0 fully saturated rings. The molecule has 1 aromatic carbocycles. The standard InChI is InChI=1S/C13H17ClFNO3S/c1-7(2)9(4)16-13(17)11-6-10(20(14,18)19)5-8(3)12(11)15/h5-7,9H,1-4H3,(H,16,17). The van der Waals surface area contributed by atoms with Gasteiger partial charge in [0.15, 0.2) is 0 Å². The predicted molar refractivity (Wildman–Crippen MR) is 75.9 cm³/mol. The van der Waals surface area contributed by atoms with E-state index in [1.165, 1.54) is 6.92 Å². The normalized spacial score (nSPS) is 13.3. The average Bonchev–Trinajstić information content (AvgIpc) is 2.30. The molecule has 7 heteroatoms. The SMILES string of the molecule is Cc1cc(S(=O)(=O)Cl)cc(C(=O)NC(C)C(C)C)c1F. The molecule has 0 heterocycles. The van der Waals surface area contributed by atoms with Gasteiger partial charge in [0.05, 0.1) is 10.5 Å². The van der Waals surface area contributed by atoms with Crippen LogP contribution in [0.5, 0.6) is 0 Å². The molecule has 0 spiro atoms. The number of rotatable bonds is 4. The summed E-state index contributed by atoms with van der Waals surface area (Å²) >= 11 is 0. The first-order valence-corrected chi connectivity index (χ1v) is 8.40. The fraction of sp³-hybridized carbons (Fsp3) is 0.462. The number of carbonyl (C=O) groups is 1. The zero-order valence-corrected chi connectivity index (χ0v) is 13.3. The summed E-state index contributed by atoms with van der Waals surface area (Å²) in [6.45, 7) is 6.98. The van der Waals surface area contributed by atoms with E-state index in [1.54, 1.807) is 6.92 Å². The van der Waals surface area contributed by atoms with Gasteiger partial charge in [-0.15, -0.1) is 0 Å². The summed E-state index contributed by atoms with van der Waals surface area (Å²) in [6, 6.07) is 1.88. The minimum Gasteiger partial charge on any atom is -0.349 e. The van der Waals surface area contributed by atoms with Gasteiger partial charge in [-0.1, -0.05) is 13.8 Å². The van der Waals surface area contributed by atoms with Crippen LogP contribution in [-0.2, 0) is 9.05 Å². The van der Waals surface area contributed by atoms with Crippen LogP contribution in [0.15, 0.2) is 17.0 Å². The molecular formula is C13H17ClFNO3S. The number of amides is 1. The smallest absolute Gasteiger partial charge is 0.261 e. The highest BCUT2D eigenvalue weighted by Crippen LogP contribution is 2.22. The third-order valence-electron chi connectivity index (χ3n) is 3.11. The number of hydrogen-bond donors (Lipinski definition) is 1. The Hall–Kier alpha value is -1.14. The Bertz CT molecular complexity index is 629. The van der Waals surface area contributed by atoms with E-state index in [2.05, 4.69) is 5.32 Å². The van der Waals surface area contributed by atoms with Crippen LogP contribution < -0.4 is 5.32 Å². The van der Waals surface area contributed by atoms with Crippen molar-refractivity contribution >= 4 is 25.6 Å². The monoisotopic (exact) mass is 321 g/mol. The molecule has 0 saturated carbocycles. The Morgan fingerprint density at radius 3 is 2.30 bits per heavy atom. The molecule has 1 N–H and O–H groups in total. The molecule has 4 nitrogen and oxygen atoms in total. The van der Waals surface area contributed by atoms with E-state index in [-0.39, 0.29) is 28.0 Å². The molecule has 112 valence electrons. The molecule has 0 aliphatic heterocycles. The van der Waals surface area contributed by atoms with Gasteiger partial charge >= 0.3 is 0 Å². The molecule has 1 unspecified atom stereocenters. The summed E-state index contributed by atoms with van der Waals surface area (Å²) in [5, 5.41) is 2.63. The lowest BCUT2D eigenvalue weighted by molar-refractivity contribution is 0.0926. The van der Waals surface area contributed by atoms with Gasteiger partial charge in [-0.25, -0.2) is 12.8 Å². The van der Waals surface area contributed by atoms with Gasteiger partial charge in [-0.2, -0.15) is 0 Å². The third-order valence-corrected chi connectivity index (χ3v) is 4.45. The second kappa shape index (κ2) is 6.10. The Kier molecular flexibility index (Phi) is 5.15. The summed E-state index contributed by atoms with van der Waals surface area (Å²) in [5.74, 6) is -1.24. The van der Waals surface area contributed by atoms with E-state index in [0.717, 1.165) is 12.1 Å². The van der Waals surface area contributed by atoms with Gasteiger partial charge in [0.1, 0.15) is 5.82 Å². The highest BCUT2D eigenvalue weighted by atomic mass is 35.7. The zero-order valence-electron chi connectivity index (χ0n) is 11.7. The number of nitrogens with one attached hydrogen (secondary N) is 1. The lowest BCUT2D eigenvalue weighted by Gasteiger charge is -2.18. The third kappa shape index (κ3) is 3.93. The molecule has 0 aliphatic rings. The number of halogens is 2. The molecule has 0 bridgehead atoms. The Labute approximate surface area is 122 Å². The summed E-state index contributed by atoms with van der Waals surface area (Å²) < 4.78 is 36.6. The van der Waals surface area contributed by atoms with Crippen molar-refractivity contribution in [1.82, 2.24) is 5.32 Å². The number of aryl methyl sites for hydroxylation is 1. The average molecular weight is 322 g/mol. The van der Waals surface area contributed by atoms with Crippen LogP contribution in [0, 0.1) is 18.7 Å². The number of benzene rings is 1. The second-order valence-corrected chi connectivity index (χ2v) is 7.61. The molecule has 1 atom stereocenters. The molecule has 0 radical (unpaired) electrons. The fourth-order valence-corrected chi connectivity index (χ4v) is 2.34. The first-order chi connectivity index (χ1) is 9.04. The van der Waals surface area contributed by atoms with Crippen LogP contribution in [0.25, 0.3) is 0 Å². The van der Waals surface area contributed by atoms with E-state index in [1.807, 2.05) is 13.8 Å². The van der Waals surface area contributed by atoms with Gasteiger partial charge in [0, 0.05) is 16.7 Å². The summed E-state index contributed by atoms with van der Waals surface area (Å²) in [6.07, 6.45) is 0. The van der Waals surface area contributed by atoms with Crippen molar-refractivity contribution in [2.45, 2.75) is 38.6 Å². The zero-order chi connectivity index (χ0) is 15.7. The number of carbonyl (C=O) groups excluding carboxylic acids is 1. The van der Waals surface area contributed by atoms with Gasteiger partial charge in [-0.3, -0.25) is 4.79 Å². The van der Waals surface area contributed by atoms with Crippen LogP contribution >= 0.6 is 10.7 Å². The lowest BCUT2D eigenvalue weighted by Crippen LogP contribution is -2.36. The van der Waals surface area contributed by atoms with Crippen molar-refractivity contribution in [1.29, 1.82) is 0 Å². The first-order valence-electron chi connectivity index (χ1n) is 6.09. The molecule has 0 aliphatic carbocycles. The van der Waals surface area contributed by atoms with E-state index in [4.69, 9.17) is 10.7 Å². The van der Waals surface area contributed by atoms with Crippen molar-refractivity contribution in [3.05, 3.63) is 29.1 Å². The Balaban J connectivity index is 3.24. The maximum Gasteiger partial charge on any atom is 0.261 e. The molecule has 0 aromatic heterocycles. The van der Waals surface area contributed by atoms with Gasteiger partial charge in [0.25, 0.3) is 15.0 Å². The first kappa shape index (κ1) is 16.9. The highest BCUT2D eigenvalue weighted by molar-refractivity contribution is 8.13. The highest BCUT2D eigenvalue weighted by Gasteiger charge is 2.21. The summed E-state index contributed by atoms with van der Waals surface area (Å²) in [4.78, 5) is 11.7. The van der Waals surface area contributed by atoms with Crippen molar-refractivity contribution in [2.75, 3.05) is 0 Å². The maximum absolute atomic E-state index is 14.0. The molecule has 20 heavy (non-hydrogen) atoms. The van der Waals surface area contributed by atoms with Crippen molar-refractivity contribution in [3.8, 4) is 0 Å². The number of hydrogen-bond acceptors (Lipinski definition) is 3. The van der Waals surface area contributed by atoms with E-state index in [0.29, 0.717) is 0 Å². The van der Waals surface area contributed by atoms with Crippen LogP contribution in [0.3, 0.4) is 0 Å². The van der Waals surface area contributed by atoms with Crippen LogP contribution in [0.2, 0.25) is 0 Å². The Morgan fingerprint density at radius 2 is 1.85 bits per heavy atom. The second-order valence-electron chi connectivity index (χ2n) is 5.05. The van der Waals surface area contributed by atoms with Crippen molar-refractivity contribution in [2.24, 2.45) is 5.92 Å². The molecule has 0 saturated heterocycles. The molecule has 1 amide bonds. The predicted octanol–water partition coefficient (Wildman–Crippen LogP) is 2.84. The fourth-order valence-electron chi connectivity index (χ4n) is 1.49. The van der Waals surface area contributed by atoms with E-state index >= 15 is 0 Å². The quantitative estimate of drug-likeness (QED) is 0.867. The van der Waals surface area contributed by atoms with Crippen molar-refractivity contribution in [3.63, 3.8) is 0 Å². The lowest BCUT2D eigenvalue weighted by atomic mass is 10.1. The largest absolute Gasteiger partial charge is 0.349 e. The summed E-state index contributed by atoms with van der Waals surface area (Å²) in [5.41, 5.74) is -0.272. The molecule has 1 rings (SSSR count). The van der Waals surface area contributed by atoms with Crippen LogP contribution in [-0.4, -0.2) is 20.4 Å². The van der Waals surface area contributed by atoms with E-state index < -0.39 is 20.8 Å². The minimum atomic E-state index is -4.02. The van der Waals surface area contributed by atoms with Gasteiger partial charge in [-0.05, 0) is 37.5 Å². The topological polar surface area (TPSA) is 63.2 Å². The molecule has 1 aromatic rings. The van der Waals surface area contributed by atoms with Gasteiger partial charge < -0.3 is 5.32 Å². The van der Waals surface area contributed by atoms with Gasteiger partial charge in [0.2, 0.25) is 0 Å². The van der Waals surface area contributed by atoms with Crippen LogP contribution in [0.4, 0.5) is 4.39 Å².